The summed E-state index contributed by atoms with van der Waals surface area (Å²) in [5.74, 6) is 0.575. The molecule has 5 heteroatoms. The van der Waals surface area contributed by atoms with Gasteiger partial charge < -0.3 is 4.74 Å². The number of aryl methyl sites for hydroxylation is 2. The predicted octanol–water partition coefficient (Wildman–Crippen LogP) is 3.99. The van der Waals surface area contributed by atoms with Gasteiger partial charge in [-0.15, -0.1) is 0 Å². The van der Waals surface area contributed by atoms with Crippen molar-refractivity contribution in [3.8, 4) is 5.13 Å². The second kappa shape index (κ2) is 5.48. The second-order valence-corrected chi connectivity index (χ2v) is 6.93. The summed E-state index contributed by atoms with van der Waals surface area (Å²) in [6.45, 7) is 5.94. The average Bonchev–Trinajstić information content (AvgIpc) is 3.10. The molecule has 1 aliphatic heterocycles. The molecule has 1 fully saturated rings. The predicted molar refractivity (Wildman–Crippen MR) is 89.0 cm³/mol. The Balaban J connectivity index is 1.75. The third-order valence-corrected chi connectivity index (χ3v) is 5.39. The number of hydrogen-bond donors (Lipinski definition) is 0. The van der Waals surface area contributed by atoms with E-state index in [-0.39, 0.29) is 0 Å². The van der Waals surface area contributed by atoms with Crippen LogP contribution in [0.4, 0.5) is 0 Å². The van der Waals surface area contributed by atoms with Gasteiger partial charge in [-0.05, 0) is 56.4 Å². The maximum absolute atomic E-state index is 5.45. The maximum Gasteiger partial charge on any atom is 0.196 e. The lowest BCUT2D eigenvalue weighted by Crippen LogP contribution is -2.14. The highest BCUT2D eigenvalue weighted by atomic mass is 32.1. The zero-order valence-electron chi connectivity index (χ0n) is 12.9. The van der Waals surface area contributed by atoms with E-state index in [0.29, 0.717) is 5.92 Å². The molecule has 22 heavy (non-hydrogen) atoms. The molecular weight excluding hydrogens is 294 g/mol. The van der Waals surface area contributed by atoms with Gasteiger partial charge in [0.25, 0.3) is 0 Å². The summed E-state index contributed by atoms with van der Waals surface area (Å²) in [5, 5.41) is 1.01. The van der Waals surface area contributed by atoms with Crippen LogP contribution in [0.5, 0.6) is 0 Å². The van der Waals surface area contributed by atoms with Crippen molar-refractivity contribution >= 4 is 21.7 Å². The summed E-state index contributed by atoms with van der Waals surface area (Å²) in [6.07, 6.45) is 4.18. The van der Waals surface area contributed by atoms with Crippen LogP contribution in [0.25, 0.3) is 15.5 Å². The highest BCUT2D eigenvalue weighted by Crippen LogP contribution is 2.31. The number of nitrogens with zero attached hydrogens (tertiary/aromatic N) is 3. The molecular formula is C17H19N3OS. The van der Waals surface area contributed by atoms with Crippen molar-refractivity contribution in [2.24, 2.45) is 0 Å². The summed E-state index contributed by atoms with van der Waals surface area (Å²) in [7, 11) is 0. The zero-order chi connectivity index (χ0) is 15.1. The van der Waals surface area contributed by atoms with Crippen LogP contribution in [-0.4, -0.2) is 27.7 Å². The molecule has 0 spiro atoms. The number of ether oxygens (including phenoxy) is 1. The minimum absolute atomic E-state index is 0.575. The molecule has 0 bridgehead atoms. The van der Waals surface area contributed by atoms with Gasteiger partial charge >= 0.3 is 0 Å². The number of thiazole rings is 1. The first kappa shape index (κ1) is 13.9. The fourth-order valence-corrected chi connectivity index (χ4v) is 4.24. The van der Waals surface area contributed by atoms with Crippen molar-refractivity contribution in [2.45, 2.75) is 32.6 Å². The smallest absolute Gasteiger partial charge is 0.196 e. The minimum Gasteiger partial charge on any atom is -0.381 e. The van der Waals surface area contributed by atoms with Crippen LogP contribution in [0.15, 0.2) is 24.4 Å². The van der Waals surface area contributed by atoms with Crippen LogP contribution >= 0.6 is 11.3 Å². The fraction of sp³-hybridized carbons (Fsp3) is 0.412. The second-order valence-electron chi connectivity index (χ2n) is 5.92. The topological polar surface area (TPSA) is 39.9 Å². The Hall–Kier alpha value is -1.72. The summed E-state index contributed by atoms with van der Waals surface area (Å²) in [5.41, 5.74) is 4.60. The van der Waals surface area contributed by atoms with Crippen molar-refractivity contribution in [2.75, 3.05) is 13.2 Å². The third-order valence-electron chi connectivity index (χ3n) is 4.41. The van der Waals surface area contributed by atoms with Gasteiger partial charge in [0, 0.05) is 30.8 Å². The van der Waals surface area contributed by atoms with E-state index in [0.717, 1.165) is 36.8 Å². The third kappa shape index (κ3) is 2.34. The van der Waals surface area contributed by atoms with E-state index >= 15 is 0 Å². The zero-order valence-corrected chi connectivity index (χ0v) is 13.7. The van der Waals surface area contributed by atoms with Gasteiger partial charge in [0.2, 0.25) is 0 Å². The molecule has 0 aliphatic carbocycles. The number of fused-ring (bicyclic) bond motifs is 1. The molecule has 1 aliphatic rings. The average molecular weight is 313 g/mol. The first-order valence-electron chi connectivity index (χ1n) is 7.72. The van der Waals surface area contributed by atoms with Gasteiger partial charge in [-0.2, -0.15) is 4.98 Å². The molecule has 0 saturated carbocycles. The van der Waals surface area contributed by atoms with E-state index in [4.69, 9.17) is 9.72 Å². The van der Waals surface area contributed by atoms with E-state index in [1.807, 2.05) is 6.20 Å². The standard InChI is InChI=1S/C17H19N3OS/c1-11-3-4-12(2)20(11)17-19-16-15(22-17)9-14(10-18-16)13-5-7-21-8-6-13/h3-4,9-10,13H,5-8H2,1-2H3. The van der Waals surface area contributed by atoms with Crippen LogP contribution in [0, 0.1) is 13.8 Å². The van der Waals surface area contributed by atoms with E-state index in [2.05, 4.69) is 41.6 Å². The molecule has 0 aromatic carbocycles. The van der Waals surface area contributed by atoms with Gasteiger partial charge in [-0.1, -0.05) is 11.3 Å². The first-order valence-corrected chi connectivity index (χ1v) is 8.53. The van der Waals surface area contributed by atoms with Gasteiger partial charge in [-0.3, -0.25) is 4.57 Å². The van der Waals surface area contributed by atoms with Crippen LogP contribution in [-0.2, 0) is 4.74 Å². The van der Waals surface area contributed by atoms with Crippen molar-refractivity contribution in [1.29, 1.82) is 0 Å². The van der Waals surface area contributed by atoms with Gasteiger partial charge in [0.15, 0.2) is 10.8 Å². The highest BCUT2D eigenvalue weighted by Gasteiger charge is 2.18. The summed E-state index contributed by atoms with van der Waals surface area (Å²) < 4.78 is 8.82. The molecule has 1 saturated heterocycles. The summed E-state index contributed by atoms with van der Waals surface area (Å²) in [6, 6.07) is 6.53. The molecule has 0 atom stereocenters. The molecule has 0 radical (unpaired) electrons. The quantitative estimate of drug-likeness (QED) is 0.718. The fourth-order valence-electron chi connectivity index (χ4n) is 3.14. The van der Waals surface area contributed by atoms with E-state index in [9.17, 15) is 0 Å². The van der Waals surface area contributed by atoms with E-state index in [1.54, 1.807) is 11.3 Å². The Morgan fingerprint density at radius 3 is 2.64 bits per heavy atom. The number of hydrogen-bond acceptors (Lipinski definition) is 4. The number of rotatable bonds is 2. The molecule has 0 N–H and O–H groups in total. The number of pyridine rings is 1. The molecule has 0 unspecified atom stereocenters. The van der Waals surface area contributed by atoms with E-state index in [1.165, 1.54) is 21.7 Å². The molecule has 4 heterocycles. The van der Waals surface area contributed by atoms with Crippen molar-refractivity contribution in [3.63, 3.8) is 0 Å². The Kier molecular flexibility index (Phi) is 3.47. The molecule has 4 nitrogen and oxygen atoms in total. The van der Waals surface area contributed by atoms with Gasteiger partial charge in [0.1, 0.15) is 0 Å². The van der Waals surface area contributed by atoms with Gasteiger partial charge in [0.05, 0.1) is 4.70 Å². The largest absolute Gasteiger partial charge is 0.381 e. The lowest BCUT2D eigenvalue weighted by atomic mass is 9.93. The van der Waals surface area contributed by atoms with Crippen molar-refractivity contribution in [1.82, 2.24) is 14.5 Å². The minimum atomic E-state index is 0.575. The Morgan fingerprint density at radius 2 is 1.91 bits per heavy atom. The van der Waals surface area contributed by atoms with Crippen LogP contribution in [0.1, 0.15) is 35.7 Å². The molecule has 3 aromatic rings. The summed E-state index contributed by atoms with van der Waals surface area (Å²) in [4.78, 5) is 9.30. The SMILES string of the molecule is Cc1ccc(C)n1-c1nc2ncc(C3CCOCC3)cc2s1. The Labute approximate surface area is 133 Å². The number of aromatic nitrogens is 3. The summed E-state index contributed by atoms with van der Waals surface area (Å²) >= 11 is 1.72. The lowest BCUT2D eigenvalue weighted by Gasteiger charge is -2.21. The molecule has 0 amide bonds. The van der Waals surface area contributed by atoms with Crippen LogP contribution < -0.4 is 0 Å². The molecule has 3 aromatic heterocycles. The monoisotopic (exact) mass is 313 g/mol. The van der Waals surface area contributed by atoms with Gasteiger partial charge in [-0.25, -0.2) is 4.98 Å². The van der Waals surface area contributed by atoms with Crippen LogP contribution in [0.2, 0.25) is 0 Å². The first-order chi connectivity index (χ1) is 10.7. The van der Waals surface area contributed by atoms with Crippen LogP contribution in [0.3, 0.4) is 0 Å². The highest BCUT2D eigenvalue weighted by molar-refractivity contribution is 7.20. The normalized spacial score (nSPS) is 16.5. The lowest BCUT2D eigenvalue weighted by molar-refractivity contribution is 0.0853. The Morgan fingerprint density at radius 1 is 1.18 bits per heavy atom. The van der Waals surface area contributed by atoms with Crippen molar-refractivity contribution < 1.29 is 4.74 Å². The van der Waals surface area contributed by atoms with E-state index < -0.39 is 0 Å². The molecule has 114 valence electrons. The van der Waals surface area contributed by atoms with Crippen molar-refractivity contribution in [3.05, 3.63) is 41.3 Å². The molecule has 4 rings (SSSR count). The maximum atomic E-state index is 5.45. The Bertz CT molecular complexity index is 795.